The van der Waals surface area contributed by atoms with Crippen molar-refractivity contribution in [3.8, 4) is 0 Å². The number of anilines is 2. The number of likely N-dealkylation sites (tertiary alicyclic amines) is 1. The molecule has 0 aromatic heterocycles. The van der Waals surface area contributed by atoms with Crippen LogP contribution in [0.5, 0.6) is 0 Å². The van der Waals surface area contributed by atoms with E-state index in [0.29, 0.717) is 45.7 Å². The van der Waals surface area contributed by atoms with E-state index < -0.39 is 5.54 Å². The molecule has 0 aliphatic carbocycles. The molecule has 1 spiro atoms. The number of amides is 4. The van der Waals surface area contributed by atoms with Crippen LogP contribution < -0.4 is 10.2 Å². The summed E-state index contributed by atoms with van der Waals surface area (Å²) in [5, 5.41) is 2.97. The van der Waals surface area contributed by atoms with Gasteiger partial charge in [-0.25, -0.2) is 4.79 Å². The van der Waals surface area contributed by atoms with Crippen molar-refractivity contribution < 1.29 is 14.4 Å². The van der Waals surface area contributed by atoms with Crippen LogP contribution in [0.25, 0.3) is 0 Å². The second kappa shape index (κ2) is 10.4. The predicted molar refractivity (Wildman–Crippen MR) is 137 cm³/mol. The number of carbonyl (C=O) groups is 3. The lowest BCUT2D eigenvalue weighted by atomic mass is 9.85. The van der Waals surface area contributed by atoms with E-state index >= 15 is 0 Å². The molecule has 2 aromatic rings. The van der Waals surface area contributed by atoms with E-state index in [2.05, 4.69) is 10.2 Å². The normalized spacial score (nSPS) is 17.1. The van der Waals surface area contributed by atoms with E-state index in [1.54, 1.807) is 14.7 Å². The van der Waals surface area contributed by atoms with Gasteiger partial charge in [-0.3, -0.25) is 9.59 Å². The lowest BCUT2D eigenvalue weighted by Gasteiger charge is -2.43. The van der Waals surface area contributed by atoms with Crippen LogP contribution in [0.3, 0.4) is 0 Å². The molecular formula is C27H35N5O3. The number of urea groups is 1. The Morgan fingerprint density at radius 3 is 2.31 bits per heavy atom. The van der Waals surface area contributed by atoms with Crippen LogP contribution in [0.15, 0.2) is 54.6 Å². The fourth-order valence-corrected chi connectivity index (χ4v) is 5.17. The first kappa shape index (κ1) is 24.6. The minimum Gasteiger partial charge on any atom is -0.342 e. The van der Waals surface area contributed by atoms with E-state index in [1.807, 2.05) is 75.4 Å². The highest BCUT2D eigenvalue weighted by Gasteiger charge is 2.54. The minimum absolute atomic E-state index is 0.0272. The maximum absolute atomic E-state index is 13.8. The van der Waals surface area contributed by atoms with Gasteiger partial charge in [0.15, 0.2) is 0 Å². The molecule has 0 saturated carbocycles. The van der Waals surface area contributed by atoms with Crippen molar-refractivity contribution in [3.05, 3.63) is 60.2 Å². The summed E-state index contributed by atoms with van der Waals surface area (Å²) in [7, 11) is 0. The van der Waals surface area contributed by atoms with Crippen LogP contribution >= 0.6 is 0 Å². The highest BCUT2D eigenvalue weighted by Crippen LogP contribution is 2.39. The van der Waals surface area contributed by atoms with Crippen LogP contribution in [0.2, 0.25) is 0 Å². The number of para-hydroxylation sites is 1. The van der Waals surface area contributed by atoms with Gasteiger partial charge in [-0.1, -0.05) is 30.3 Å². The Morgan fingerprint density at radius 2 is 1.69 bits per heavy atom. The Hall–Kier alpha value is -3.55. The van der Waals surface area contributed by atoms with Crippen LogP contribution in [-0.2, 0) is 9.59 Å². The summed E-state index contributed by atoms with van der Waals surface area (Å²) >= 11 is 0. The molecule has 2 aliphatic heterocycles. The summed E-state index contributed by atoms with van der Waals surface area (Å²) in [6, 6.07) is 17.4. The SMILES string of the molecule is CCN(CC)C(=O)CN1CN(c2ccccc2)C2(CCN(C(=O)Nc3cccc(C)c3)CC2)C1=O. The maximum atomic E-state index is 13.8. The number of nitrogens with zero attached hydrogens (tertiary/aromatic N) is 4. The Bertz CT molecular complexity index is 1060. The topological polar surface area (TPSA) is 76.2 Å². The first-order valence-corrected chi connectivity index (χ1v) is 12.4. The zero-order valence-corrected chi connectivity index (χ0v) is 20.9. The fraction of sp³-hybridized carbons (Fsp3) is 0.444. The molecule has 2 aromatic carbocycles. The average Bonchev–Trinajstić information content (AvgIpc) is 3.12. The molecule has 4 rings (SSSR count). The zero-order chi connectivity index (χ0) is 25.0. The third-order valence-electron chi connectivity index (χ3n) is 7.17. The molecule has 2 fully saturated rings. The van der Waals surface area contributed by atoms with E-state index in [4.69, 9.17) is 0 Å². The molecule has 0 bridgehead atoms. The minimum atomic E-state index is -0.759. The molecule has 1 N–H and O–H groups in total. The monoisotopic (exact) mass is 477 g/mol. The van der Waals surface area contributed by atoms with Gasteiger partial charge in [0, 0.05) is 37.6 Å². The van der Waals surface area contributed by atoms with Gasteiger partial charge in [0.05, 0.1) is 6.67 Å². The van der Waals surface area contributed by atoms with Gasteiger partial charge in [-0.15, -0.1) is 0 Å². The number of rotatable bonds is 6. The number of hydrogen-bond acceptors (Lipinski definition) is 4. The number of carbonyl (C=O) groups excluding carboxylic acids is 3. The van der Waals surface area contributed by atoms with Crippen molar-refractivity contribution in [2.24, 2.45) is 0 Å². The quantitative estimate of drug-likeness (QED) is 0.691. The highest BCUT2D eigenvalue weighted by molar-refractivity contribution is 5.97. The first-order valence-electron chi connectivity index (χ1n) is 12.4. The van der Waals surface area contributed by atoms with Crippen molar-refractivity contribution in [2.45, 2.75) is 39.2 Å². The molecule has 2 aliphatic rings. The van der Waals surface area contributed by atoms with Crippen molar-refractivity contribution in [3.63, 3.8) is 0 Å². The molecule has 2 heterocycles. The molecule has 0 atom stereocenters. The maximum Gasteiger partial charge on any atom is 0.321 e. The summed E-state index contributed by atoms with van der Waals surface area (Å²) in [6.07, 6.45) is 1.02. The molecule has 4 amide bonds. The van der Waals surface area contributed by atoms with Gasteiger partial charge in [0.2, 0.25) is 5.91 Å². The smallest absolute Gasteiger partial charge is 0.321 e. The molecule has 8 heteroatoms. The van der Waals surface area contributed by atoms with Gasteiger partial charge < -0.3 is 24.9 Å². The number of likely N-dealkylation sites (N-methyl/N-ethyl adjacent to an activating group) is 1. The molecule has 0 unspecified atom stereocenters. The standard InChI is InChI=1S/C27H35N5O3/c1-4-29(5-2)24(33)19-31-20-32(23-12-7-6-8-13-23)27(25(31)34)14-16-30(17-15-27)26(35)28-22-11-9-10-21(3)18-22/h6-13,18H,4-5,14-17,19-20H2,1-3H3,(H,28,35). The molecule has 35 heavy (non-hydrogen) atoms. The van der Waals surface area contributed by atoms with E-state index in [0.717, 1.165) is 16.9 Å². The van der Waals surface area contributed by atoms with Gasteiger partial charge in [-0.2, -0.15) is 0 Å². The molecular weight excluding hydrogens is 442 g/mol. The lowest BCUT2D eigenvalue weighted by Crippen LogP contribution is -2.58. The largest absolute Gasteiger partial charge is 0.342 e. The van der Waals surface area contributed by atoms with Gasteiger partial charge in [-0.05, 0) is 63.4 Å². The summed E-state index contributed by atoms with van der Waals surface area (Å²) < 4.78 is 0. The van der Waals surface area contributed by atoms with Crippen molar-refractivity contribution in [1.29, 1.82) is 0 Å². The average molecular weight is 478 g/mol. The Balaban J connectivity index is 1.51. The lowest BCUT2D eigenvalue weighted by molar-refractivity contribution is -0.140. The molecule has 0 radical (unpaired) electrons. The molecule has 2 saturated heterocycles. The first-order chi connectivity index (χ1) is 16.9. The van der Waals surface area contributed by atoms with Crippen LogP contribution in [0.4, 0.5) is 16.2 Å². The summed E-state index contributed by atoms with van der Waals surface area (Å²) in [5.41, 5.74) is 2.04. The number of aryl methyl sites for hydroxylation is 1. The van der Waals surface area contributed by atoms with Gasteiger partial charge >= 0.3 is 6.03 Å². The van der Waals surface area contributed by atoms with Crippen molar-refractivity contribution in [1.82, 2.24) is 14.7 Å². The Kier molecular flexibility index (Phi) is 7.28. The number of nitrogens with one attached hydrogen (secondary N) is 1. The van der Waals surface area contributed by atoms with E-state index in [9.17, 15) is 14.4 Å². The Labute approximate surface area is 207 Å². The fourth-order valence-electron chi connectivity index (χ4n) is 5.17. The third kappa shape index (κ3) is 4.97. The summed E-state index contributed by atoms with van der Waals surface area (Å²) in [4.78, 5) is 46.9. The summed E-state index contributed by atoms with van der Waals surface area (Å²) in [6.45, 7) is 8.49. The van der Waals surface area contributed by atoms with Crippen molar-refractivity contribution in [2.75, 3.05) is 49.6 Å². The van der Waals surface area contributed by atoms with Crippen molar-refractivity contribution >= 4 is 29.2 Å². The van der Waals surface area contributed by atoms with Gasteiger partial charge in [0.1, 0.15) is 12.1 Å². The van der Waals surface area contributed by atoms with Crippen LogP contribution in [0, 0.1) is 6.92 Å². The second-order valence-electron chi connectivity index (χ2n) is 9.29. The number of hydrogen-bond donors (Lipinski definition) is 1. The Morgan fingerprint density at radius 1 is 1.00 bits per heavy atom. The van der Waals surface area contributed by atoms with Gasteiger partial charge in [0.25, 0.3) is 5.91 Å². The predicted octanol–water partition coefficient (Wildman–Crippen LogP) is 3.54. The summed E-state index contributed by atoms with van der Waals surface area (Å²) in [5.74, 6) is -0.0658. The number of piperidine rings is 1. The highest BCUT2D eigenvalue weighted by atomic mass is 16.2. The molecule has 186 valence electrons. The van der Waals surface area contributed by atoms with Crippen LogP contribution in [-0.4, -0.2) is 77.5 Å². The van der Waals surface area contributed by atoms with Crippen LogP contribution in [0.1, 0.15) is 32.3 Å². The second-order valence-corrected chi connectivity index (χ2v) is 9.29. The molecule has 8 nitrogen and oxygen atoms in total. The van der Waals surface area contributed by atoms with E-state index in [1.165, 1.54) is 0 Å². The van der Waals surface area contributed by atoms with E-state index in [-0.39, 0.29) is 24.4 Å². The number of benzene rings is 2. The zero-order valence-electron chi connectivity index (χ0n) is 20.9. The third-order valence-corrected chi connectivity index (χ3v) is 7.17.